The Morgan fingerprint density at radius 3 is 2.39 bits per heavy atom. The first kappa shape index (κ1) is 20.5. The molecule has 2 aliphatic carbocycles. The number of allylic oxidation sites excluding steroid dienone is 2. The number of hydrogen-bond acceptors (Lipinski definition) is 2. The van der Waals surface area contributed by atoms with E-state index in [1.54, 1.807) is 5.57 Å². The third kappa shape index (κ3) is 5.02. The van der Waals surface area contributed by atoms with Gasteiger partial charge in [0.1, 0.15) is 0 Å². The Balaban J connectivity index is 1.40. The van der Waals surface area contributed by atoms with E-state index in [-0.39, 0.29) is 0 Å². The fourth-order valence-electron chi connectivity index (χ4n) is 5.18. The average molecular weight is 419 g/mol. The highest BCUT2D eigenvalue weighted by Gasteiger charge is 2.32. The molecular weight excluding hydrogens is 387 g/mol. The lowest BCUT2D eigenvalue weighted by atomic mass is 9.79. The molecule has 3 aliphatic rings. The molecule has 1 atom stereocenters. The highest BCUT2D eigenvalue weighted by atomic mass is 35.5. The fourth-order valence-corrected chi connectivity index (χ4v) is 5.50. The summed E-state index contributed by atoms with van der Waals surface area (Å²) in [7, 11) is 0. The van der Waals surface area contributed by atoms with Crippen molar-refractivity contribution in [2.24, 2.45) is 5.92 Å². The minimum absolute atomic E-state index is 0.629. The van der Waals surface area contributed by atoms with Gasteiger partial charge in [0.25, 0.3) is 0 Å². The maximum atomic E-state index is 6.20. The zero-order valence-corrected chi connectivity index (χ0v) is 18.3. The number of hydrogen-bond donors (Lipinski definition) is 0. The summed E-state index contributed by atoms with van der Waals surface area (Å²) < 4.78 is 0. The van der Waals surface area contributed by atoms with Crippen LogP contribution in [-0.4, -0.2) is 42.0 Å². The maximum absolute atomic E-state index is 6.20. The Hall–Kier alpha value is -0.800. The standard InChI is InChI=1S/C24H32Cl2N2/c25-22-12-11-19(17-23(22)26)18-27-13-15-28(16-14-27)24(20-7-3-1-4-8-20)21-9-5-2-6-10-21/h3,7-8,11-12,17,21,24H,1-2,4-6,9-10,13-16,18H2. The quantitative estimate of drug-likeness (QED) is 0.550. The minimum atomic E-state index is 0.629. The molecule has 2 nitrogen and oxygen atoms in total. The van der Waals surface area contributed by atoms with Crippen LogP contribution >= 0.6 is 23.2 Å². The summed E-state index contributed by atoms with van der Waals surface area (Å²) in [6.07, 6.45) is 16.8. The normalized spacial score (nSPS) is 23.6. The first-order valence-electron chi connectivity index (χ1n) is 11.0. The SMILES string of the molecule is Clc1ccc(CN2CCN(C(C3=CCCC=C3)C3CCCCC3)CC2)cc1Cl. The van der Waals surface area contributed by atoms with Crippen molar-refractivity contribution in [3.8, 4) is 0 Å². The maximum Gasteiger partial charge on any atom is 0.0595 e. The van der Waals surface area contributed by atoms with Gasteiger partial charge in [-0.05, 0) is 54.9 Å². The lowest BCUT2D eigenvalue weighted by Gasteiger charge is -2.44. The summed E-state index contributed by atoms with van der Waals surface area (Å²) in [6.45, 7) is 5.53. The first-order valence-corrected chi connectivity index (χ1v) is 11.7. The van der Waals surface area contributed by atoms with Crippen molar-refractivity contribution in [2.75, 3.05) is 26.2 Å². The predicted molar refractivity (Wildman–Crippen MR) is 120 cm³/mol. The molecule has 152 valence electrons. The lowest BCUT2D eigenvalue weighted by molar-refractivity contribution is 0.0722. The van der Waals surface area contributed by atoms with E-state index in [0.29, 0.717) is 16.1 Å². The van der Waals surface area contributed by atoms with E-state index in [1.807, 2.05) is 12.1 Å². The van der Waals surface area contributed by atoms with Crippen molar-refractivity contribution >= 4 is 23.2 Å². The summed E-state index contributed by atoms with van der Waals surface area (Å²) in [6, 6.07) is 6.65. The number of rotatable bonds is 5. The van der Waals surface area contributed by atoms with Crippen LogP contribution in [0, 0.1) is 5.92 Å². The van der Waals surface area contributed by atoms with Gasteiger partial charge in [0.15, 0.2) is 0 Å². The van der Waals surface area contributed by atoms with Gasteiger partial charge in [0.2, 0.25) is 0 Å². The number of nitrogens with zero attached hydrogens (tertiary/aromatic N) is 2. The molecule has 0 amide bonds. The molecule has 4 heteroatoms. The monoisotopic (exact) mass is 418 g/mol. The summed E-state index contributed by atoms with van der Waals surface area (Å²) in [5.74, 6) is 0.837. The van der Waals surface area contributed by atoms with Crippen LogP contribution in [0.2, 0.25) is 10.0 Å². The Labute approximate surface area is 180 Å². The third-order valence-electron chi connectivity index (χ3n) is 6.65. The Kier molecular flexibility index (Phi) is 7.17. The van der Waals surface area contributed by atoms with Crippen LogP contribution in [0.15, 0.2) is 42.0 Å². The van der Waals surface area contributed by atoms with Crippen molar-refractivity contribution < 1.29 is 0 Å². The second kappa shape index (κ2) is 9.80. The van der Waals surface area contributed by atoms with Gasteiger partial charge in [-0.1, -0.05) is 66.8 Å². The summed E-state index contributed by atoms with van der Waals surface area (Å²) >= 11 is 12.3. The van der Waals surface area contributed by atoms with E-state index in [1.165, 1.54) is 50.5 Å². The Morgan fingerprint density at radius 1 is 0.929 bits per heavy atom. The van der Waals surface area contributed by atoms with Gasteiger partial charge in [-0.2, -0.15) is 0 Å². The second-order valence-corrected chi connectivity index (χ2v) is 9.40. The molecule has 1 unspecified atom stereocenters. The highest BCUT2D eigenvalue weighted by molar-refractivity contribution is 6.42. The van der Waals surface area contributed by atoms with Gasteiger partial charge in [0.05, 0.1) is 10.0 Å². The number of piperazine rings is 1. The van der Waals surface area contributed by atoms with Crippen LogP contribution in [0.5, 0.6) is 0 Å². The van der Waals surface area contributed by atoms with Crippen LogP contribution in [0.25, 0.3) is 0 Å². The van der Waals surface area contributed by atoms with Gasteiger partial charge in [0, 0.05) is 38.8 Å². The molecule has 1 heterocycles. The molecule has 1 saturated carbocycles. The van der Waals surface area contributed by atoms with Crippen LogP contribution in [0.1, 0.15) is 50.5 Å². The number of benzene rings is 1. The van der Waals surface area contributed by atoms with E-state index in [9.17, 15) is 0 Å². The molecule has 1 aromatic carbocycles. The molecule has 2 fully saturated rings. The van der Waals surface area contributed by atoms with Gasteiger partial charge < -0.3 is 0 Å². The summed E-state index contributed by atoms with van der Waals surface area (Å²) in [4.78, 5) is 5.34. The predicted octanol–water partition coefficient (Wildman–Crippen LogP) is 6.34. The van der Waals surface area contributed by atoms with E-state index in [2.05, 4.69) is 34.1 Å². The molecule has 1 aliphatic heterocycles. The lowest BCUT2D eigenvalue weighted by Crippen LogP contribution is -2.52. The van der Waals surface area contributed by atoms with Crippen LogP contribution in [-0.2, 0) is 6.54 Å². The minimum Gasteiger partial charge on any atom is -0.297 e. The van der Waals surface area contributed by atoms with Crippen LogP contribution < -0.4 is 0 Å². The van der Waals surface area contributed by atoms with Crippen LogP contribution in [0.4, 0.5) is 0 Å². The fraction of sp³-hybridized carbons (Fsp3) is 0.583. The van der Waals surface area contributed by atoms with Gasteiger partial charge in [-0.25, -0.2) is 0 Å². The molecule has 0 aromatic heterocycles. The smallest absolute Gasteiger partial charge is 0.0595 e. The number of halogens is 2. The second-order valence-electron chi connectivity index (χ2n) is 8.59. The Morgan fingerprint density at radius 2 is 1.71 bits per heavy atom. The van der Waals surface area contributed by atoms with Crippen molar-refractivity contribution in [1.82, 2.24) is 9.80 Å². The molecule has 0 spiro atoms. The molecular formula is C24H32Cl2N2. The molecule has 0 radical (unpaired) electrons. The van der Waals surface area contributed by atoms with E-state index in [0.717, 1.165) is 38.6 Å². The molecule has 0 N–H and O–H groups in total. The molecule has 28 heavy (non-hydrogen) atoms. The molecule has 1 aromatic rings. The highest BCUT2D eigenvalue weighted by Crippen LogP contribution is 2.35. The third-order valence-corrected chi connectivity index (χ3v) is 7.39. The van der Waals surface area contributed by atoms with Crippen molar-refractivity contribution in [3.63, 3.8) is 0 Å². The topological polar surface area (TPSA) is 6.48 Å². The van der Waals surface area contributed by atoms with Crippen molar-refractivity contribution in [3.05, 3.63) is 57.6 Å². The zero-order valence-electron chi connectivity index (χ0n) is 16.8. The van der Waals surface area contributed by atoms with E-state index >= 15 is 0 Å². The van der Waals surface area contributed by atoms with E-state index in [4.69, 9.17) is 23.2 Å². The van der Waals surface area contributed by atoms with Crippen molar-refractivity contribution in [1.29, 1.82) is 0 Å². The molecule has 4 rings (SSSR count). The molecule has 1 saturated heterocycles. The van der Waals surface area contributed by atoms with Crippen LogP contribution in [0.3, 0.4) is 0 Å². The van der Waals surface area contributed by atoms with Gasteiger partial charge in [-0.3, -0.25) is 9.80 Å². The summed E-state index contributed by atoms with van der Waals surface area (Å²) in [5, 5.41) is 1.30. The largest absolute Gasteiger partial charge is 0.297 e. The van der Waals surface area contributed by atoms with E-state index < -0.39 is 0 Å². The van der Waals surface area contributed by atoms with Gasteiger partial charge >= 0.3 is 0 Å². The zero-order chi connectivity index (χ0) is 19.3. The van der Waals surface area contributed by atoms with Crippen molar-refractivity contribution in [2.45, 2.75) is 57.5 Å². The Bertz CT molecular complexity index is 713. The summed E-state index contributed by atoms with van der Waals surface area (Å²) in [5.41, 5.74) is 2.85. The molecule has 0 bridgehead atoms. The average Bonchev–Trinajstić information content (AvgIpc) is 2.74. The first-order chi connectivity index (χ1) is 13.7. The van der Waals surface area contributed by atoms with Gasteiger partial charge in [-0.15, -0.1) is 0 Å².